The van der Waals surface area contributed by atoms with Gasteiger partial charge in [0.25, 0.3) is 0 Å². The molecule has 0 aliphatic carbocycles. The first kappa shape index (κ1) is 20.3. The number of hydrogen-bond acceptors (Lipinski definition) is 4. The quantitative estimate of drug-likeness (QED) is 0.264. The maximum atomic E-state index is 5.17. The predicted octanol–water partition coefficient (Wildman–Crippen LogP) is 2.87. The van der Waals surface area contributed by atoms with Crippen molar-refractivity contribution in [2.24, 2.45) is 0 Å². The van der Waals surface area contributed by atoms with Crippen LogP contribution >= 0.6 is 0 Å². The second kappa shape index (κ2) is 15.7. The Bertz CT molecular complexity index is 168. The van der Waals surface area contributed by atoms with E-state index in [-0.39, 0.29) is 12.6 Å². The summed E-state index contributed by atoms with van der Waals surface area (Å²) in [6.45, 7) is 0. The number of hydrogen-bond donors (Lipinski definition) is 0. The Morgan fingerprint density at radius 1 is 0.600 bits per heavy atom. The summed E-state index contributed by atoms with van der Waals surface area (Å²) >= 11 is 0. The third-order valence-electron chi connectivity index (χ3n) is 3.12. The standard InChI is InChI=1S/C14H30O4Si2/c1-15-13(16-2)7-11-19-9-5-6-10-20-12-8-14(17-3)18-4/h13-14H,5-12H2,1-4H3. The lowest BCUT2D eigenvalue weighted by Crippen LogP contribution is -2.13. The smallest absolute Gasteiger partial charge is 0.156 e. The van der Waals surface area contributed by atoms with Crippen LogP contribution in [0.4, 0.5) is 0 Å². The lowest BCUT2D eigenvalue weighted by atomic mass is 10.4. The van der Waals surface area contributed by atoms with Gasteiger partial charge in [-0.15, -0.1) is 0 Å². The summed E-state index contributed by atoms with van der Waals surface area (Å²) < 4.78 is 20.7. The molecule has 0 bridgehead atoms. The van der Waals surface area contributed by atoms with Crippen LogP contribution in [-0.4, -0.2) is 60.1 Å². The first-order chi connectivity index (χ1) is 9.78. The fraction of sp³-hybridized carbons (Fsp3) is 1.00. The maximum absolute atomic E-state index is 5.17. The summed E-state index contributed by atoms with van der Waals surface area (Å²) in [7, 11) is 8.90. The van der Waals surface area contributed by atoms with Gasteiger partial charge >= 0.3 is 0 Å². The summed E-state index contributed by atoms with van der Waals surface area (Å²) in [5.74, 6) is 0. The first-order valence-electron chi connectivity index (χ1n) is 7.31. The van der Waals surface area contributed by atoms with Crippen molar-refractivity contribution in [3.05, 3.63) is 0 Å². The van der Waals surface area contributed by atoms with E-state index in [0.29, 0.717) is 0 Å². The van der Waals surface area contributed by atoms with Crippen molar-refractivity contribution >= 4 is 19.0 Å². The van der Waals surface area contributed by atoms with Crippen LogP contribution in [0.5, 0.6) is 0 Å². The van der Waals surface area contributed by atoms with E-state index < -0.39 is 0 Å². The van der Waals surface area contributed by atoms with Crippen LogP contribution in [0.2, 0.25) is 24.2 Å². The van der Waals surface area contributed by atoms with Gasteiger partial charge in [0.1, 0.15) is 0 Å². The van der Waals surface area contributed by atoms with E-state index in [4.69, 9.17) is 18.9 Å². The fourth-order valence-corrected chi connectivity index (χ4v) is 4.23. The van der Waals surface area contributed by atoms with Crippen molar-refractivity contribution in [3.8, 4) is 0 Å². The van der Waals surface area contributed by atoms with Gasteiger partial charge in [-0.05, 0) is 12.8 Å². The second-order valence-corrected chi connectivity index (χ2v) is 7.59. The molecule has 118 valence electrons. The molecule has 0 heterocycles. The summed E-state index contributed by atoms with van der Waals surface area (Å²) in [4.78, 5) is 0. The Labute approximate surface area is 129 Å². The Morgan fingerprint density at radius 2 is 0.950 bits per heavy atom. The average Bonchev–Trinajstić information content (AvgIpc) is 2.49. The van der Waals surface area contributed by atoms with Gasteiger partial charge < -0.3 is 18.9 Å². The van der Waals surface area contributed by atoms with E-state index >= 15 is 0 Å². The molecule has 20 heavy (non-hydrogen) atoms. The monoisotopic (exact) mass is 318 g/mol. The highest BCUT2D eigenvalue weighted by molar-refractivity contribution is 6.36. The van der Waals surface area contributed by atoms with Crippen LogP contribution in [0.3, 0.4) is 0 Å². The van der Waals surface area contributed by atoms with Gasteiger partial charge in [0.2, 0.25) is 0 Å². The van der Waals surface area contributed by atoms with Crippen LogP contribution in [0.15, 0.2) is 0 Å². The molecule has 0 aromatic carbocycles. The Kier molecular flexibility index (Phi) is 15.9. The molecule has 6 heteroatoms. The molecule has 0 N–H and O–H groups in total. The Morgan fingerprint density at radius 3 is 1.25 bits per heavy atom. The van der Waals surface area contributed by atoms with Crippen LogP contribution in [0.1, 0.15) is 25.7 Å². The van der Waals surface area contributed by atoms with Crippen LogP contribution in [0.25, 0.3) is 0 Å². The van der Waals surface area contributed by atoms with E-state index in [1.807, 2.05) is 0 Å². The minimum atomic E-state index is -0.0153. The molecule has 0 unspecified atom stereocenters. The maximum Gasteiger partial charge on any atom is 0.156 e. The lowest BCUT2D eigenvalue weighted by Gasteiger charge is -2.12. The summed E-state index contributed by atoms with van der Waals surface area (Å²) in [5, 5.41) is 0. The molecular formula is C14H30O4Si2. The number of ether oxygens (including phenoxy) is 4. The van der Waals surface area contributed by atoms with Gasteiger partial charge in [-0.2, -0.15) is 0 Å². The van der Waals surface area contributed by atoms with Crippen molar-refractivity contribution in [1.82, 2.24) is 0 Å². The molecule has 0 aromatic rings. The molecule has 0 amide bonds. The van der Waals surface area contributed by atoms with Gasteiger partial charge in [-0.3, -0.25) is 0 Å². The molecular weight excluding hydrogens is 288 g/mol. The number of rotatable bonds is 15. The summed E-state index contributed by atoms with van der Waals surface area (Å²) in [5.41, 5.74) is 0. The van der Waals surface area contributed by atoms with Gasteiger partial charge in [0, 0.05) is 47.5 Å². The van der Waals surface area contributed by atoms with Crippen LogP contribution < -0.4 is 0 Å². The highest BCUT2D eigenvalue weighted by Gasteiger charge is 2.05. The molecule has 0 rings (SSSR count). The third-order valence-corrected chi connectivity index (χ3v) is 5.82. The van der Waals surface area contributed by atoms with Crippen molar-refractivity contribution in [1.29, 1.82) is 0 Å². The average molecular weight is 319 g/mol. The fourth-order valence-electron chi connectivity index (χ4n) is 1.85. The molecule has 4 radical (unpaired) electrons. The molecule has 0 aliphatic heterocycles. The van der Waals surface area contributed by atoms with Crippen molar-refractivity contribution < 1.29 is 18.9 Å². The molecule has 0 aromatic heterocycles. The largest absolute Gasteiger partial charge is 0.356 e. The molecule has 0 spiro atoms. The first-order valence-corrected chi connectivity index (χ1v) is 10.1. The third kappa shape index (κ3) is 12.0. The molecule has 0 saturated heterocycles. The molecule has 4 nitrogen and oxygen atoms in total. The number of unbranched alkanes of at least 4 members (excludes halogenated alkanes) is 1. The minimum Gasteiger partial charge on any atom is -0.356 e. The topological polar surface area (TPSA) is 36.9 Å². The van der Waals surface area contributed by atoms with Crippen LogP contribution in [-0.2, 0) is 18.9 Å². The van der Waals surface area contributed by atoms with Gasteiger partial charge in [-0.1, -0.05) is 37.0 Å². The zero-order valence-corrected chi connectivity index (χ0v) is 15.4. The normalized spacial score (nSPS) is 11.7. The zero-order chi connectivity index (χ0) is 15.1. The van der Waals surface area contributed by atoms with E-state index in [0.717, 1.165) is 31.9 Å². The van der Waals surface area contributed by atoms with Gasteiger partial charge in [-0.25, -0.2) is 0 Å². The predicted molar refractivity (Wildman–Crippen MR) is 84.8 cm³/mol. The zero-order valence-electron chi connectivity index (χ0n) is 13.4. The van der Waals surface area contributed by atoms with E-state index in [1.165, 1.54) is 37.0 Å². The van der Waals surface area contributed by atoms with Crippen molar-refractivity contribution in [2.75, 3.05) is 28.4 Å². The highest BCUT2D eigenvalue weighted by Crippen LogP contribution is 2.08. The molecule has 0 aliphatic rings. The molecule has 0 fully saturated rings. The van der Waals surface area contributed by atoms with Crippen molar-refractivity contribution in [2.45, 2.75) is 62.4 Å². The SMILES string of the molecule is COC(CC[Si]CCCC[Si]CCC(OC)OC)OC. The van der Waals surface area contributed by atoms with E-state index in [2.05, 4.69) is 0 Å². The van der Waals surface area contributed by atoms with Gasteiger partial charge in [0.15, 0.2) is 12.6 Å². The second-order valence-electron chi connectivity index (χ2n) is 4.59. The van der Waals surface area contributed by atoms with Crippen molar-refractivity contribution in [3.63, 3.8) is 0 Å². The van der Waals surface area contributed by atoms with Gasteiger partial charge in [0.05, 0.1) is 0 Å². The minimum absolute atomic E-state index is 0.0153. The van der Waals surface area contributed by atoms with E-state index in [9.17, 15) is 0 Å². The molecule has 0 saturated carbocycles. The lowest BCUT2D eigenvalue weighted by molar-refractivity contribution is -0.103. The Balaban J connectivity index is 3.17. The Hall–Kier alpha value is 0.274. The highest BCUT2D eigenvalue weighted by atomic mass is 28.2. The summed E-state index contributed by atoms with van der Waals surface area (Å²) in [6.07, 6.45) is 4.71. The molecule has 0 atom stereocenters. The summed E-state index contributed by atoms with van der Waals surface area (Å²) in [6, 6.07) is 5.14. The van der Waals surface area contributed by atoms with E-state index in [1.54, 1.807) is 28.4 Å². The van der Waals surface area contributed by atoms with Crippen LogP contribution in [0, 0.1) is 0 Å². The number of methoxy groups -OCH3 is 4.